The minimum Gasteiger partial charge on any atom is -0.350 e. The highest BCUT2D eigenvalue weighted by Crippen LogP contribution is 2.28. The van der Waals surface area contributed by atoms with E-state index in [2.05, 4.69) is 23.7 Å². The summed E-state index contributed by atoms with van der Waals surface area (Å²) in [5, 5.41) is 4.97. The Balaban J connectivity index is 1.71. The van der Waals surface area contributed by atoms with Gasteiger partial charge in [0, 0.05) is 12.6 Å². The molecule has 2 heterocycles. The molecule has 0 saturated carbocycles. The number of nitrogens with one attached hydrogen (secondary N) is 1. The summed E-state index contributed by atoms with van der Waals surface area (Å²) in [6.45, 7) is 4.63. The van der Waals surface area contributed by atoms with Crippen LogP contribution in [0.2, 0.25) is 0 Å². The van der Waals surface area contributed by atoms with E-state index in [1.165, 1.54) is 12.1 Å². The molecule has 0 aliphatic carbocycles. The van der Waals surface area contributed by atoms with Crippen LogP contribution in [0, 0.1) is 5.82 Å². The predicted molar refractivity (Wildman–Crippen MR) is 92.6 cm³/mol. The Kier molecular flexibility index (Phi) is 4.48. The summed E-state index contributed by atoms with van der Waals surface area (Å²) < 4.78 is 16.3. The second-order valence-corrected chi connectivity index (χ2v) is 6.75. The van der Waals surface area contributed by atoms with Gasteiger partial charge < -0.3 is 9.88 Å². The van der Waals surface area contributed by atoms with Crippen molar-refractivity contribution >= 4 is 27.5 Å². The topological polar surface area (TPSA) is 34.0 Å². The quantitative estimate of drug-likeness (QED) is 0.739. The number of carbonyl (C=O) groups is 1. The molecular weight excluding hydrogens is 311 g/mol. The fourth-order valence-corrected chi connectivity index (χ4v) is 3.59. The van der Waals surface area contributed by atoms with E-state index in [4.69, 9.17) is 0 Å². The molecule has 1 amide bonds. The lowest BCUT2D eigenvalue weighted by atomic mass is 10.1. The largest absolute Gasteiger partial charge is 0.350 e. The standard InChI is InChI=1S/C18H19FN2OS/c1-12(2)21-15-7-9-23-17(15)11-16(21)18(22)20-8-6-13-4-3-5-14(19)10-13/h3-5,7,9-12H,6,8H2,1-2H3,(H,20,22). The van der Waals surface area contributed by atoms with Gasteiger partial charge in [-0.3, -0.25) is 4.79 Å². The molecule has 3 rings (SSSR count). The molecule has 0 unspecified atom stereocenters. The third-order valence-electron chi connectivity index (χ3n) is 3.80. The number of rotatable bonds is 5. The summed E-state index contributed by atoms with van der Waals surface area (Å²) in [4.78, 5) is 12.5. The average molecular weight is 330 g/mol. The van der Waals surface area contributed by atoms with Gasteiger partial charge in [-0.05, 0) is 55.5 Å². The second kappa shape index (κ2) is 6.54. The Morgan fingerprint density at radius 3 is 2.87 bits per heavy atom. The first-order chi connectivity index (χ1) is 11.1. The molecular formula is C18H19FN2OS. The molecule has 3 aromatic rings. The van der Waals surface area contributed by atoms with Gasteiger partial charge in [0.15, 0.2) is 0 Å². The molecule has 23 heavy (non-hydrogen) atoms. The van der Waals surface area contributed by atoms with Crippen LogP contribution in [0.5, 0.6) is 0 Å². The SMILES string of the molecule is CC(C)n1c(C(=O)NCCc2cccc(F)c2)cc2sccc21. The molecule has 0 atom stereocenters. The highest BCUT2D eigenvalue weighted by atomic mass is 32.1. The Hall–Kier alpha value is -2.14. The van der Waals surface area contributed by atoms with Crippen molar-refractivity contribution in [1.82, 2.24) is 9.88 Å². The van der Waals surface area contributed by atoms with Crippen molar-refractivity contribution in [1.29, 1.82) is 0 Å². The van der Waals surface area contributed by atoms with Crippen LogP contribution in [-0.4, -0.2) is 17.0 Å². The minimum absolute atomic E-state index is 0.0847. The molecule has 0 aliphatic heterocycles. The fraction of sp³-hybridized carbons (Fsp3) is 0.278. The summed E-state index contributed by atoms with van der Waals surface area (Å²) >= 11 is 1.64. The molecule has 0 aliphatic rings. The summed E-state index contributed by atoms with van der Waals surface area (Å²) in [6.07, 6.45) is 0.611. The summed E-state index contributed by atoms with van der Waals surface area (Å²) in [6, 6.07) is 10.7. The summed E-state index contributed by atoms with van der Waals surface area (Å²) in [5.41, 5.74) is 2.66. The lowest BCUT2D eigenvalue weighted by molar-refractivity contribution is 0.0944. The number of fused-ring (bicyclic) bond motifs is 1. The van der Waals surface area contributed by atoms with Crippen LogP contribution in [0.15, 0.2) is 41.8 Å². The average Bonchev–Trinajstić information content (AvgIpc) is 3.06. The van der Waals surface area contributed by atoms with Crippen molar-refractivity contribution in [3.05, 3.63) is 58.9 Å². The van der Waals surface area contributed by atoms with Gasteiger partial charge in [0.05, 0.1) is 10.2 Å². The van der Waals surface area contributed by atoms with Crippen LogP contribution >= 0.6 is 11.3 Å². The number of amides is 1. The number of benzene rings is 1. The first-order valence-corrected chi connectivity index (χ1v) is 8.55. The second-order valence-electron chi connectivity index (χ2n) is 5.80. The lowest BCUT2D eigenvalue weighted by Crippen LogP contribution is -2.28. The molecule has 3 nitrogen and oxygen atoms in total. The molecule has 120 valence electrons. The minimum atomic E-state index is -0.247. The Labute approximate surface area is 138 Å². The molecule has 1 aromatic carbocycles. The van der Waals surface area contributed by atoms with Gasteiger partial charge in [-0.1, -0.05) is 12.1 Å². The zero-order chi connectivity index (χ0) is 16.4. The Bertz CT molecular complexity index is 835. The monoisotopic (exact) mass is 330 g/mol. The number of hydrogen-bond acceptors (Lipinski definition) is 2. The smallest absolute Gasteiger partial charge is 0.267 e. The van der Waals surface area contributed by atoms with Gasteiger partial charge in [-0.15, -0.1) is 11.3 Å². The van der Waals surface area contributed by atoms with E-state index in [1.54, 1.807) is 17.4 Å². The fourth-order valence-electron chi connectivity index (χ4n) is 2.78. The van der Waals surface area contributed by atoms with Gasteiger partial charge in [-0.2, -0.15) is 0 Å². The molecule has 5 heteroatoms. The molecule has 0 saturated heterocycles. The summed E-state index contributed by atoms with van der Waals surface area (Å²) in [7, 11) is 0. The van der Waals surface area contributed by atoms with Crippen molar-refractivity contribution in [3.63, 3.8) is 0 Å². The van der Waals surface area contributed by atoms with Gasteiger partial charge in [-0.25, -0.2) is 4.39 Å². The van der Waals surface area contributed by atoms with E-state index in [0.29, 0.717) is 18.7 Å². The van der Waals surface area contributed by atoms with Crippen LogP contribution in [0.1, 0.15) is 35.9 Å². The van der Waals surface area contributed by atoms with E-state index in [0.717, 1.165) is 15.8 Å². The number of carbonyl (C=O) groups excluding carboxylic acids is 1. The van der Waals surface area contributed by atoms with Crippen LogP contribution in [-0.2, 0) is 6.42 Å². The van der Waals surface area contributed by atoms with Crippen molar-refractivity contribution in [2.45, 2.75) is 26.3 Å². The molecule has 1 N–H and O–H groups in total. The maximum absolute atomic E-state index is 13.2. The first-order valence-electron chi connectivity index (χ1n) is 7.67. The van der Waals surface area contributed by atoms with Crippen LogP contribution in [0.3, 0.4) is 0 Å². The first kappa shape index (κ1) is 15.7. The van der Waals surface area contributed by atoms with Crippen LogP contribution in [0.4, 0.5) is 4.39 Å². The van der Waals surface area contributed by atoms with Gasteiger partial charge >= 0.3 is 0 Å². The predicted octanol–water partition coefficient (Wildman–Crippen LogP) is 4.40. The van der Waals surface area contributed by atoms with E-state index in [-0.39, 0.29) is 17.8 Å². The molecule has 0 radical (unpaired) electrons. The number of thiophene rings is 1. The van der Waals surface area contributed by atoms with Crippen molar-refractivity contribution < 1.29 is 9.18 Å². The van der Waals surface area contributed by atoms with E-state index < -0.39 is 0 Å². The maximum atomic E-state index is 13.2. The highest BCUT2D eigenvalue weighted by Gasteiger charge is 2.17. The molecule has 0 fully saturated rings. The van der Waals surface area contributed by atoms with Crippen molar-refractivity contribution in [3.8, 4) is 0 Å². The highest BCUT2D eigenvalue weighted by molar-refractivity contribution is 7.17. The zero-order valence-electron chi connectivity index (χ0n) is 13.2. The van der Waals surface area contributed by atoms with E-state index in [1.807, 2.05) is 23.6 Å². The van der Waals surface area contributed by atoms with Gasteiger partial charge in [0.2, 0.25) is 0 Å². The third-order valence-corrected chi connectivity index (χ3v) is 4.65. The van der Waals surface area contributed by atoms with Gasteiger partial charge in [0.25, 0.3) is 5.91 Å². The van der Waals surface area contributed by atoms with E-state index in [9.17, 15) is 9.18 Å². The number of halogens is 1. The summed E-state index contributed by atoms with van der Waals surface area (Å²) in [5.74, 6) is -0.332. The van der Waals surface area contributed by atoms with Crippen molar-refractivity contribution in [2.24, 2.45) is 0 Å². The maximum Gasteiger partial charge on any atom is 0.267 e. The van der Waals surface area contributed by atoms with E-state index >= 15 is 0 Å². The van der Waals surface area contributed by atoms with Crippen molar-refractivity contribution in [2.75, 3.05) is 6.54 Å². The normalized spacial score (nSPS) is 11.3. The Morgan fingerprint density at radius 2 is 2.13 bits per heavy atom. The number of hydrogen-bond donors (Lipinski definition) is 1. The number of nitrogens with zero attached hydrogens (tertiary/aromatic N) is 1. The van der Waals surface area contributed by atoms with Gasteiger partial charge in [0.1, 0.15) is 11.5 Å². The molecule has 0 spiro atoms. The zero-order valence-corrected chi connectivity index (χ0v) is 14.0. The van der Waals surface area contributed by atoms with Crippen LogP contribution in [0.25, 0.3) is 10.2 Å². The third kappa shape index (κ3) is 3.29. The Morgan fingerprint density at radius 1 is 1.30 bits per heavy atom. The molecule has 0 bridgehead atoms. The number of aromatic nitrogens is 1. The van der Waals surface area contributed by atoms with Crippen LogP contribution < -0.4 is 5.32 Å². The molecule has 2 aromatic heterocycles. The lowest BCUT2D eigenvalue weighted by Gasteiger charge is -2.14.